The van der Waals surface area contributed by atoms with Gasteiger partial charge in [0, 0.05) is 18.7 Å². The molecular weight excluding hydrogens is 366 g/mol. The van der Waals surface area contributed by atoms with Crippen molar-refractivity contribution in [1.29, 1.82) is 5.26 Å². The molecule has 1 aromatic heterocycles. The summed E-state index contributed by atoms with van der Waals surface area (Å²) in [6.07, 6.45) is 2.75. The molecule has 0 radical (unpaired) electrons. The maximum Gasteiger partial charge on any atom is 0.303 e. The number of hydrogen-bond donors (Lipinski definition) is 1. The summed E-state index contributed by atoms with van der Waals surface area (Å²) < 4.78 is 32.9. The molecule has 3 rings (SSSR count). The lowest BCUT2D eigenvalue weighted by atomic mass is 10.0. The number of amides is 1. The number of hydrogen-bond acceptors (Lipinski definition) is 5. The number of nitrogens with zero attached hydrogens (tertiary/aromatic N) is 3. The average molecular weight is 384 g/mol. The number of rotatable bonds is 7. The van der Waals surface area contributed by atoms with Crippen molar-refractivity contribution in [2.24, 2.45) is 5.92 Å². The topological polar surface area (TPSA) is 87.9 Å². The van der Waals surface area contributed by atoms with Gasteiger partial charge in [-0.2, -0.15) is 19.0 Å². The fraction of sp³-hybridized carbons (Fsp3) is 0.300. The normalized spacial score (nSPS) is 14.6. The fourth-order valence-electron chi connectivity index (χ4n) is 2.62. The minimum absolute atomic E-state index is 0.103. The maximum absolute atomic E-state index is 13.7. The van der Waals surface area contributed by atoms with Gasteiger partial charge in [0.2, 0.25) is 11.7 Å². The Bertz CT molecular complexity index is 931. The monoisotopic (exact) mass is 384 g/mol. The molecule has 6 nitrogen and oxygen atoms in total. The van der Waals surface area contributed by atoms with Gasteiger partial charge in [-0.25, -0.2) is 4.98 Å². The van der Waals surface area contributed by atoms with Crippen LogP contribution < -0.4 is 10.1 Å². The van der Waals surface area contributed by atoms with Crippen LogP contribution in [0.4, 0.5) is 8.78 Å². The molecular formula is C20H18F2N4O2. The lowest BCUT2D eigenvalue weighted by molar-refractivity contribution is 0.00707. The Morgan fingerprint density at radius 3 is 2.64 bits per heavy atom. The van der Waals surface area contributed by atoms with E-state index < -0.39 is 23.7 Å². The highest BCUT2D eigenvalue weighted by atomic mass is 19.3. The molecule has 1 aromatic carbocycles. The summed E-state index contributed by atoms with van der Waals surface area (Å²) >= 11 is 0. The second kappa shape index (κ2) is 7.72. The van der Waals surface area contributed by atoms with Gasteiger partial charge in [0.1, 0.15) is 11.3 Å². The van der Waals surface area contributed by atoms with Gasteiger partial charge < -0.3 is 10.1 Å². The molecule has 1 amide bonds. The summed E-state index contributed by atoms with van der Waals surface area (Å²) in [6, 6.07) is 9.82. The van der Waals surface area contributed by atoms with E-state index in [1.54, 1.807) is 30.3 Å². The standard InChI is InChI=1S/C20H18F2N4O2/c1-12(10-23)16(13-8-9-13)25-17(27)15-11-24-19(20(2,21)22)26-18(15)28-14-6-4-3-5-7-14/h3-7,11,13,16H,1,8-9H2,2H3,(H,25,27). The Morgan fingerprint density at radius 2 is 2.07 bits per heavy atom. The van der Waals surface area contributed by atoms with Crippen LogP contribution in [0.2, 0.25) is 0 Å². The van der Waals surface area contributed by atoms with E-state index in [-0.39, 0.29) is 22.9 Å². The van der Waals surface area contributed by atoms with Gasteiger partial charge in [-0.3, -0.25) is 4.79 Å². The number of carbonyl (C=O) groups is 1. The Balaban J connectivity index is 1.93. The van der Waals surface area contributed by atoms with Gasteiger partial charge in [-0.05, 0) is 30.9 Å². The zero-order chi connectivity index (χ0) is 20.3. The molecule has 28 heavy (non-hydrogen) atoms. The zero-order valence-corrected chi connectivity index (χ0v) is 15.2. The van der Waals surface area contributed by atoms with Crippen LogP contribution in [0.5, 0.6) is 11.6 Å². The first-order valence-corrected chi connectivity index (χ1v) is 8.67. The van der Waals surface area contributed by atoms with Crippen LogP contribution in [-0.4, -0.2) is 21.9 Å². The van der Waals surface area contributed by atoms with Crippen molar-refractivity contribution < 1.29 is 18.3 Å². The van der Waals surface area contributed by atoms with Crippen molar-refractivity contribution >= 4 is 5.91 Å². The van der Waals surface area contributed by atoms with Crippen molar-refractivity contribution in [3.05, 3.63) is 60.1 Å². The van der Waals surface area contributed by atoms with E-state index >= 15 is 0 Å². The molecule has 2 aromatic rings. The molecule has 1 aliphatic carbocycles. The van der Waals surface area contributed by atoms with Gasteiger partial charge in [0.05, 0.1) is 12.1 Å². The molecule has 0 aliphatic heterocycles. The minimum Gasteiger partial charge on any atom is -0.438 e. The third-order valence-electron chi connectivity index (χ3n) is 4.25. The van der Waals surface area contributed by atoms with E-state index in [1.807, 2.05) is 6.07 Å². The van der Waals surface area contributed by atoms with E-state index in [2.05, 4.69) is 21.9 Å². The molecule has 144 valence electrons. The molecule has 1 aliphatic rings. The molecule has 1 saturated carbocycles. The Morgan fingerprint density at radius 1 is 1.39 bits per heavy atom. The van der Waals surface area contributed by atoms with Gasteiger partial charge in [-0.1, -0.05) is 24.8 Å². The summed E-state index contributed by atoms with van der Waals surface area (Å²) in [7, 11) is 0. The number of benzene rings is 1. The number of ether oxygens (including phenoxy) is 1. The first kappa shape index (κ1) is 19.4. The van der Waals surface area contributed by atoms with Gasteiger partial charge in [-0.15, -0.1) is 0 Å². The van der Waals surface area contributed by atoms with E-state index in [9.17, 15) is 13.6 Å². The van der Waals surface area contributed by atoms with Crippen LogP contribution >= 0.6 is 0 Å². The van der Waals surface area contributed by atoms with Crippen molar-refractivity contribution in [3.63, 3.8) is 0 Å². The van der Waals surface area contributed by atoms with E-state index in [1.165, 1.54) is 0 Å². The second-order valence-electron chi connectivity index (χ2n) is 6.64. The zero-order valence-electron chi connectivity index (χ0n) is 15.2. The van der Waals surface area contributed by atoms with Crippen LogP contribution in [0.15, 0.2) is 48.7 Å². The largest absolute Gasteiger partial charge is 0.438 e. The van der Waals surface area contributed by atoms with Gasteiger partial charge >= 0.3 is 5.92 Å². The second-order valence-corrected chi connectivity index (χ2v) is 6.64. The first-order chi connectivity index (χ1) is 13.3. The number of halogens is 2. The van der Waals surface area contributed by atoms with Crippen LogP contribution in [0.1, 0.15) is 35.9 Å². The maximum atomic E-state index is 13.7. The van der Waals surface area contributed by atoms with Crippen molar-refractivity contribution in [2.75, 3.05) is 0 Å². The molecule has 1 heterocycles. The van der Waals surface area contributed by atoms with Crippen molar-refractivity contribution in [1.82, 2.24) is 15.3 Å². The lowest BCUT2D eigenvalue weighted by Gasteiger charge is -2.18. The smallest absolute Gasteiger partial charge is 0.303 e. The Kier molecular flexibility index (Phi) is 5.36. The fourth-order valence-corrected chi connectivity index (χ4v) is 2.62. The third-order valence-corrected chi connectivity index (χ3v) is 4.25. The summed E-state index contributed by atoms with van der Waals surface area (Å²) in [5.74, 6) is -4.49. The molecule has 1 fully saturated rings. The average Bonchev–Trinajstić information content (AvgIpc) is 3.50. The third kappa shape index (κ3) is 4.49. The summed E-state index contributed by atoms with van der Waals surface area (Å²) in [5, 5.41) is 11.8. The van der Waals surface area contributed by atoms with Crippen LogP contribution in [0.25, 0.3) is 0 Å². The molecule has 1 atom stereocenters. The number of para-hydroxylation sites is 1. The van der Waals surface area contributed by atoms with Gasteiger partial charge in [0.15, 0.2) is 0 Å². The van der Waals surface area contributed by atoms with Crippen molar-refractivity contribution in [3.8, 4) is 17.7 Å². The van der Waals surface area contributed by atoms with Crippen LogP contribution in [-0.2, 0) is 5.92 Å². The number of nitrogens with one attached hydrogen (secondary N) is 1. The van der Waals surface area contributed by atoms with E-state index in [0.29, 0.717) is 12.7 Å². The molecule has 8 heteroatoms. The number of nitriles is 1. The molecule has 0 saturated heterocycles. The molecule has 1 unspecified atom stereocenters. The SMILES string of the molecule is C=C(C#N)C(NC(=O)c1cnc(C(C)(F)F)nc1Oc1ccccc1)C1CC1. The summed E-state index contributed by atoms with van der Waals surface area (Å²) in [5.41, 5.74) is 0.132. The predicted octanol–water partition coefficient (Wildman–Crippen LogP) is 3.97. The minimum atomic E-state index is -3.30. The van der Waals surface area contributed by atoms with Crippen molar-refractivity contribution in [2.45, 2.75) is 31.7 Å². The van der Waals surface area contributed by atoms with Gasteiger partial charge in [0.25, 0.3) is 5.91 Å². The highest BCUT2D eigenvalue weighted by Gasteiger charge is 2.36. The Labute approximate surface area is 160 Å². The number of alkyl halides is 2. The van der Waals surface area contributed by atoms with E-state index in [4.69, 9.17) is 10.00 Å². The Hall–Kier alpha value is -3.34. The van der Waals surface area contributed by atoms with Crippen LogP contribution in [0, 0.1) is 17.2 Å². The molecule has 1 N–H and O–H groups in total. The number of carbonyl (C=O) groups excluding carboxylic acids is 1. The molecule has 0 bridgehead atoms. The predicted molar refractivity (Wildman–Crippen MR) is 96.8 cm³/mol. The van der Waals surface area contributed by atoms with Crippen LogP contribution in [0.3, 0.4) is 0 Å². The quantitative estimate of drug-likeness (QED) is 0.730. The summed E-state index contributed by atoms with van der Waals surface area (Å²) in [4.78, 5) is 20.1. The highest BCUT2D eigenvalue weighted by molar-refractivity contribution is 5.96. The highest BCUT2D eigenvalue weighted by Crippen LogP contribution is 2.36. The lowest BCUT2D eigenvalue weighted by Crippen LogP contribution is -2.37. The summed E-state index contributed by atoms with van der Waals surface area (Å²) in [6.45, 7) is 4.34. The number of aromatic nitrogens is 2. The first-order valence-electron chi connectivity index (χ1n) is 8.67. The van der Waals surface area contributed by atoms with E-state index in [0.717, 1.165) is 19.0 Å². The molecule has 0 spiro atoms.